The maximum atomic E-state index is 14.3. The predicted molar refractivity (Wildman–Crippen MR) is 115 cm³/mol. The molecule has 1 amide bonds. The van der Waals surface area contributed by atoms with E-state index in [1.54, 1.807) is 17.0 Å². The molecule has 0 spiro atoms. The van der Waals surface area contributed by atoms with E-state index in [9.17, 15) is 9.18 Å². The van der Waals surface area contributed by atoms with E-state index in [1.165, 1.54) is 17.7 Å². The molecular weight excluding hydrogens is 379 g/mol. The van der Waals surface area contributed by atoms with Gasteiger partial charge in [-0.25, -0.2) is 4.39 Å². The van der Waals surface area contributed by atoms with Gasteiger partial charge in [0.2, 0.25) is 0 Å². The SMILES string of the molecule is Cc1ccc(C2=NO[C@@H](CN(Cc3ccccc3)C(=O)c3ccccc3F)C2)cc1. The van der Waals surface area contributed by atoms with Crippen molar-refractivity contribution in [3.63, 3.8) is 0 Å². The van der Waals surface area contributed by atoms with Crippen molar-refractivity contribution in [3.05, 3.63) is 107 Å². The largest absolute Gasteiger partial charge is 0.390 e. The Morgan fingerprint density at radius 2 is 1.73 bits per heavy atom. The van der Waals surface area contributed by atoms with Gasteiger partial charge in [0.25, 0.3) is 5.91 Å². The summed E-state index contributed by atoms with van der Waals surface area (Å²) in [6, 6.07) is 23.8. The molecule has 1 heterocycles. The summed E-state index contributed by atoms with van der Waals surface area (Å²) in [7, 11) is 0. The van der Waals surface area contributed by atoms with E-state index in [0.29, 0.717) is 19.5 Å². The number of aryl methyl sites for hydroxylation is 1. The zero-order chi connectivity index (χ0) is 20.9. The molecule has 0 aromatic heterocycles. The molecule has 3 aromatic carbocycles. The Morgan fingerprint density at radius 3 is 2.47 bits per heavy atom. The molecule has 4 nitrogen and oxygen atoms in total. The van der Waals surface area contributed by atoms with Gasteiger partial charge in [0.05, 0.1) is 17.8 Å². The third kappa shape index (κ3) is 4.57. The molecule has 1 aliphatic rings. The van der Waals surface area contributed by atoms with Gasteiger partial charge in [-0.05, 0) is 30.2 Å². The van der Waals surface area contributed by atoms with Crippen LogP contribution in [0.15, 0.2) is 84.0 Å². The Hall–Kier alpha value is -3.47. The Morgan fingerprint density at radius 1 is 1.03 bits per heavy atom. The second-order valence-electron chi connectivity index (χ2n) is 7.49. The number of benzene rings is 3. The predicted octanol–water partition coefficient (Wildman–Crippen LogP) is 4.97. The minimum atomic E-state index is -0.524. The maximum absolute atomic E-state index is 14.3. The molecule has 4 rings (SSSR count). The molecule has 1 atom stereocenters. The quantitative estimate of drug-likeness (QED) is 0.584. The van der Waals surface area contributed by atoms with Crippen LogP contribution in [0, 0.1) is 12.7 Å². The van der Waals surface area contributed by atoms with E-state index in [1.807, 2.05) is 61.5 Å². The second-order valence-corrected chi connectivity index (χ2v) is 7.49. The Balaban J connectivity index is 1.51. The Kier molecular flexibility index (Phi) is 5.89. The summed E-state index contributed by atoms with van der Waals surface area (Å²) in [5.41, 5.74) is 4.08. The lowest BCUT2D eigenvalue weighted by Crippen LogP contribution is -2.37. The number of amides is 1. The van der Waals surface area contributed by atoms with Crippen LogP contribution in [0.3, 0.4) is 0 Å². The van der Waals surface area contributed by atoms with Crippen molar-refractivity contribution < 1.29 is 14.0 Å². The first-order valence-corrected chi connectivity index (χ1v) is 9.97. The van der Waals surface area contributed by atoms with E-state index >= 15 is 0 Å². The van der Waals surface area contributed by atoms with Gasteiger partial charge in [-0.15, -0.1) is 0 Å². The number of oxime groups is 1. The number of hydrogen-bond donors (Lipinski definition) is 0. The number of rotatable bonds is 6. The number of nitrogens with zero attached hydrogens (tertiary/aromatic N) is 2. The second kappa shape index (κ2) is 8.91. The molecule has 0 unspecified atom stereocenters. The van der Waals surface area contributed by atoms with Crippen LogP contribution in [-0.2, 0) is 11.4 Å². The van der Waals surface area contributed by atoms with Crippen LogP contribution in [-0.4, -0.2) is 29.2 Å². The summed E-state index contributed by atoms with van der Waals surface area (Å²) in [5, 5.41) is 4.23. The lowest BCUT2D eigenvalue weighted by molar-refractivity contribution is 0.0402. The zero-order valence-electron chi connectivity index (χ0n) is 16.8. The minimum absolute atomic E-state index is 0.0612. The van der Waals surface area contributed by atoms with Gasteiger partial charge in [-0.1, -0.05) is 77.4 Å². The van der Waals surface area contributed by atoms with Crippen LogP contribution < -0.4 is 0 Å². The topological polar surface area (TPSA) is 41.9 Å². The van der Waals surface area contributed by atoms with Crippen LogP contribution in [0.1, 0.15) is 33.5 Å². The van der Waals surface area contributed by atoms with Crippen LogP contribution >= 0.6 is 0 Å². The van der Waals surface area contributed by atoms with Crippen LogP contribution in [0.2, 0.25) is 0 Å². The van der Waals surface area contributed by atoms with Crippen molar-refractivity contribution in [3.8, 4) is 0 Å². The normalized spacial score (nSPS) is 15.4. The van der Waals surface area contributed by atoms with Gasteiger partial charge >= 0.3 is 0 Å². The first-order valence-electron chi connectivity index (χ1n) is 9.97. The highest BCUT2D eigenvalue weighted by Gasteiger charge is 2.28. The monoisotopic (exact) mass is 402 g/mol. The van der Waals surface area contributed by atoms with Gasteiger partial charge in [0.15, 0.2) is 6.10 Å². The zero-order valence-corrected chi connectivity index (χ0v) is 16.8. The fourth-order valence-corrected chi connectivity index (χ4v) is 3.52. The van der Waals surface area contributed by atoms with E-state index in [-0.39, 0.29) is 17.6 Å². The summed E-state index contributed by atoms with van der Waals surface area (Å²) >= 11 is 0. The van der Waals surface area contributed by atoms with E-state index in [2.05, 4.69) is 5.16 Å². The van der Waals surface area contributed by atoms with Crippen LogP contribution in [0.25, 0.3) is 0 Å². The summed E-state index contributed by atoms with van der Waals surface area (Å²) in [5.74, 6) is -0.881. The molecule has 0 N–H and O–H groups in total. The van der Waals surface area contributed by atoms with Crippen LogP contribution in [0.5, 0.6) is 0 Å². The summed E-state index contributed by atoms with van der Waals surface area (Å²) < 4.78 is 14.3. The molecule has 30 heavy (non-hydrogen) atoms. The smallest absolute Gasteiger partial charge is 0.257 e. The molecule has 0 bridgehead atoms. The summed E-state index contributed by atoms with van der Waals surface area (Å²) in [4.78, 5) is 20.4. The van der Waals surface area contributed by atoms with E-state index in [4.69, 9.17) is 4.84 Å². The molecule has 0 aliphatic carbocycles. The third-order valence-corrected chi connectivity index (χ3v) is 5.15. The van der Waals surface area contributed by atoms with Crippen molar-refractivity contribution >= 4 is 11.6 Å². The first-order chi connectivity index (χ1) is 14.6. The molecule has 0 saturated carbocycles. The number of carbonyl (C=O) groups is 1. The average molecular weight is 402 g/mol. The van der Waals surface area contributed by atoms with Crippen molar-refractivity contribution in [2.45, 2.75) is 26.0 Å². The highest BCUT2D eigenvalue weighted by Crippen LogP contribution is 2.21. The van der Waals surface area contributed by atoms with Crippen molar-refractivity contribution in [1.82, 2.24) is 4.90 Å². The number of hydrogen-bond acceptors (Lipinski definition) is 3. The lowest BCUT2D eigenvalue weighted by atomic mass is 10.0. The summed E-state index contributed by atoms with van der Waals surface area (Å²) in [6.45, 7) is 2.73. The highest BCUT2D eigenvalue weighted by molar-refractivity contribution is 6.01. The van der Waals surface area contributed by atoms with Crippen molar-refractivity contribution in [2.75, 3.05) is 6.54 Å². The fourth-order valence-electron chi connectivity index (χ4n) is 3.52. The van der Waals surface area contributed by atoms with Crippen molar-refractivity contribution in [2.24, 2.45) is 5.16 Å². The van der Waals surface area contributed by atoms with Gasteiger partial charge in [0, 0.05) is 13.0 Å². The highest BCUT2D eigenvalue weighted by atomic mass is 19.1. The van der Waals surface area contributed by atoms with E-state index in [0.717, 1.165) is 16.8 Å². The molecule has 5 heteroatoms. The molecular formula is C25H23FN2O2. The van der Waals surface area contributed by atoms with Crippen molar-refractivity contribution in [1.29, 1.82) is 0 Å². The first kappa shape index (κ1) is 19.8. The molecule has 3 aromatic rings. The van der Waals surface area contributed by atoms with Gasteiger partial charge < -0.3 is 9.74 Å². The average Bonchev–Trinajstić information content (AvgIpc) is 3.23. The van der Waals surface area contributed by atoms with Gasteiger partial charge in [0.1, 0.15) is 5.82 Å². The molecule has 1 aliphatic heterocycles. The Labute approximate surface area is 175 Å². The Bertz CT molecular complexity index is 1050. The maximum Gasteiger partial charge on any atom is 0.257 e. The van der Waals surface area contributed by atoms with E-state index < -0.39 is 5.82 Å². The molecule has 0 radical (unpaired) electrons. The molecule has 152 valence electrons. The molecule has 0 fully saturated rings. The molecule has 0 saturated heterocycles. The van der Waals surface area contributed by atoms with Crippen LogP contribution in [0.4, 0.5) is 4.39 Å². The fraction of sp³-hybridized carbons (Fsp3) is 0.200. The standard InChI is InChI=1S/C25H23FN2O2/c1-18-11-13-20(14-12-18)24-15-21(30-27-24)17-28(16-19-7-3-2-4-8-19)25(29)22-9-5-6-10-23(22)26/h2-14,21H,15-17H2,1H3/t21-/m1/s1. The third-order valence-electron chi connectivity index (χ3n) is 5.15. The number of halogens is 1. The minimum Gasteiger partial charge on any atom is -0.390 e. The summed E-state index contributed by atoms with van der Waals surface area (Å²) in [6.07, 6.45) is 0.319. The lowest BCUT2D eigenvalue weighted by Gasteiger charge is -2.25. The van der Waals surface area contributed by atoms with Gasteiger partial charge in [-0.2, -0.15) is 0 Å². The number of carbonyl (C=O) groups excluding carboxylic acids is 1. The van der Waals surface area contributed by atoms with Gasteiger partial charge in [-0.3, -0.25) is 4.79 Å².